The Morgan fingerprint density at radius 2 is 1.89 bits per heavy atom. The zero-order chi connectivity index (χ0) is 13.9. The molecule has 1 N–H and O–H groups in total. The molecule has 0 saturated carbocycles. The Balaban J connectivity index is 3.45. The molecule has 0 saturated heterocycles. The van der Waals surface area contributed by atoms with Crippen LogP contribution in [0.4, 0.5) is 8.78 Å². The predicted octanol–water partition coefficient (Wildman–Crippen LogP) is 2.61. The van der Waals surface area contributed by atoms with Crippen LogP contribution in [-0.4, -0.2) is 29.1 Å². The molecule has 0 amide bonds. The summed E-state index contributed by atoms with van der Waals surface area (Å²) >= 11 is 0. The van der Waals surface area contributed by atoms with Crippen LogP contribution in [0.5, 0.6) is 0 Å². The Kier molecular flexibility index (Phi) is 4.40. The van der Waals surface area contributed by atoms with E-state index in [0.717, 1.165) is 6.07 Å². The standard InChI is InChI=1S/C13H17F2NO2/c1-4-16(5-2)13(3,12(17)18)9-7-6-8-10(14)11(9)15/h6-8H,4-5H2,1-3H3,(H,17,18). The van der Waals surface area contributed by atoms with Gasteiger partial charge in [0, 0.05) is 5.56 Å². The molecule has 0 bridgehead atoms. The summed E-state index contributed by atoms with van der Waals surface area (Å²) in [5.41, 5.74) is -1.73. The highest BCUT2D eigenvalue weighted by molar-refractivity contribution is 5.80. The number of rotatable bonds is 5. The molecule has 3 nitrogen and oxygen atoms in total. The minimum absolute atomic E-state index is 0.154. The predicted molar refractivity (Wildman–Crippen MR) is 64.3 cm³/mol. The summed E-state index contributed by atoms with van der Waals surface area (Å²) in [4.78, 5) is 13.1. The molecule has 1 atom stereocenters. The van der Waals surface area contributed by atoms with Crippen molar-refractivity contribution in [2.75, 3.05) is 13.1 Å². The van der Waals surface area contributed by atoms with Gasteiger partial charge in [-0.1, -0.05) is 26.0 Å². The average molecular weight is 257 g/mol. The van der Waals surface area contributed by atoms with Crippen molar-refractivity contribution in [3.05, 3.63) is 35.4 Å². The molecule has 1 aromatic carbocycles. The van der Waals surface area contributed by atoms with E-state index in [4.69, 9.17) is 0 Å². The van der Waals surface area contributed by atoms with Crippen molar-refractivity contribution in [2.45, 2.75) is 26.3 Å². The summed E-state index contributed by atoms with van der Waals surface area (Å²) in [6, 6.07) is 3.60. The van der Waals surface area contributed by atoms with Gasteiger partial charge in [-0.2, -0.15) is 0 Å². The first kappa shape index (κ1) is 14.6. The van der Waals surface area contributed by atoms with E-state index in [1.54, 1.807) is 18.7 Å². The minimum atomic E-state index is -1.57. The van der Waals surface area contributed by atoms with E-state index in [1.165, 1.54) is 19.1 Å². The highest BCUT2D eigenvalue weighted by Gasteiger charge is 2.42. The molecule has 0 aromatic heterocycles. The van der Waals surface area contributed by atoms with Gasteiger partial charge in [0.2, 0.25) is 0 Å². The van der Waals surface area contributed by atoms with Gasteiger partial charge < -0.3 is 5.11 Å². The van der Waals surface area contributed by atoms with Crippen LogP contribution in [0.25, 0.3) is 0 Å². The van der Waals surface area contributed by atoms with E-state index in [-0.39, 0.29) is 5.56 Å². The first-order chi connectivity index (χ1) is 8.39. The van der Waals surface area contributed by atoms with E-state index in [1.807, 2.05) is 0 Å². The van der Waals surface area contributed by atoms with Gasteiger partial charge >= 0.3 is 5.97 Å². The molecule has 0 fully saturated rings. The molecular formula is C13H17F2NO2. The summed E-state index contributed by atoms with van der Waals surface area (Å²) in [5, 5.41) is 9.40. The lowest BCUT2D eigenvalue weighted by molar-refractivity contribution is -0.151. The van der Waals surface area contributed by atoms with E-state index in [9.17, 15) is 18.7 Å². The van der Waals surface area contributed by atoms with E-state index in [0.29, 0.717) is 13.1 Å². The molecule has 1 unspecified atom stereocenters. The van der Waals surface area contributed by atoms with Crippen LogP contribution in [0.3, 0.4) is 0 Å². The lowest BCUT2D eigenvalue weighted by Crippen LogP contribution is -2.50. The van der Waals surface area contributed by atoms with Crippen LogP contribution < -0.4 is 0 Å². The smallest absolute Gasteiger partial charge is 0.328 e. The first-order valence-electron chi connectivity index (χ1n) is 5.82. The zero-order valence-electron chi connectivity index (χ0n) is 10.7. The van der Waals surface area contributed by atoms with Crippen LogP contribution in [0.1, 0.15) is 26.3 Å². The van der Waals surface area contributed by atoms with Gasteiger partial charge in [-0.15, -0.1) is 0 Å². The van der Waals surface area contributed by atoms with Crippen LogP contribution in [0.2, 0.25) is 0 Å². The summed E-state index contributed by atoms with van der Waals surface area (Å²) in [7, 11) is 0. The number of hydrogen-bond acceptors (Lipinski definition) is 2. The molecule has 1 rings (SSSR count). The number of nitrogens with zero attached hydrogens (tertiary/aromatic N) is 1. The van der Waals surface area contributed by atoms with Crippen molar-refractivity contribution >= 4 is 5.97 Å². The highest BCUT2D eigenvalue weighted by atomic mass is 19.2. The molecule has 5 heteroatoms. The monoisotopic (exact) mass is 257 g/mol. The van der Waals surface area contributed by atoms with Crippen molar-refractivity contribution in [3.8, 4) is 0 Å². The fraction of sp³-hybridized carbons (Fsp3) is 0.462. The van der Waals surface area contributed by atoms with Crippen molar-refractivity contribution in [3.63, 3.8) is 0 Å². The van der Waals surface area contributed by atoms with Gasteiger partial charge in [-0.3, -0.25) is 4.90 Å². The average Bonchev–Trinajstić information content (AvgIpc) is 2.33. The topological polar surface area (TPSA) is 40.5 Å². The van der Waals surface area contributed by atoms with Gasteiger partial charge in [0.1, 0.15) is 5.54 Å². The number of aliphatic carboxylic acids is 1. The maximum absolute atomic E-state index is 13.8. The summed E-state index contributed by atoms with van der Waals surface area (Å²) < 4.78 is 27.1. The molecule has 0 aliphatic rings. The Hall–Kier alpha value is -1.49. The van der Waals surface area contributed by atoms with Crippen LogP contribution in [-0.2, 0) is 10.3 Å². The molecule has 0 spiro atoms. The van der Waals surface area contributed by atoms with Gasteiger partial charge in [0.05, 0.1) is 0 Å². The number of hydrogen-bond donors (Lipinski definition) is 1. The molecule has 0 aliphatic heterocycles. The number of carbonyl (C=O) groups is 1. The van der Waals surface area contributed by atoms with E-state index in [2.05, 4.69) is 0 Å². The normalized spacial score (nSPS) is 14.6. The molecule has 1 aromatic rings. The van der Waals surface area contributed by atoms with Gasteiger partial charge in [0.15, 0.2) is 11.6 Å². The van der Waals surface area contributed by atoms with Crippen molar-refractivity contribution in [2.24, 2.45) is 0 Å². The fourth-order valence-corrected chi connectivity index (χ4v) is 2.16. The second kappa shape index (κ2) is 5.44. The number of carboxylic acid groups (broad SMARTS) is 1. The summed E-state index contributed by atoms with van der Waals surface area (Å²) in [6.07, 6.45) is 0. The number of halogens is 2. The number of carboxylic acids is 1. The Labute approximate surface area is 105 Å². The molecular weight excluding hydrogens is 240 g/mol. The maximum Gasteiger partial charge on any atom is 0.328 e. The van der Waals surface area contributed by atoms with Crippen LogP contribution in [0.15, 0.2) is 18.2 Å². The fourth-order valence-electron chi connectivity index (χ4n) is 2.16. The molecule has 18 heavy (non-hydrogen) atoms. The van der Waals surface area contributed by atoms with Crippen molar-refractivity contribution < 1.29 is 18.7 Å². The minimum Gasteiger partial charge on any atom is -0.480 e. The third-order valence-corrected chi connectivity index (χ3v) is 3.29. The van der Waals surface area contributed by atoms with E-state index < -0.39 is 23.1 Å². The Morgan fingerprint density at radius 3 is 2.33 bits per heavy atom. The first-order valence-corrected chi connectivity index (χ1v) is 5.82. The van der Waals surface area contributed by atoms with Crippen molar-refractivity contribution in [1.82, 2.24) is 4.90 Å². The zero-order valence-corrected chi connectivity index (χ0v) is 10.7. The van der Waals surface area contributed by atoms with Crippen LogP contribution >= 0.6 is 0 Å². The quantitative estimate of drug-likeness (QED) is 0.881. The third-order valence-electron chi connectivity index (χ3n) is 3.29. The number of likely N-dealkylation sites (N-methyl/N-ethyl adjacent to an activating group) is 1. The molecule has 0 aliphatic carbocycles. The Morgan fingerprint density at radius 1 is 1.33 bits per heavy atom. The molecule has 0 heterocycles. The van der Waals surface area contributed by atoms with Gasteiger partial charge in [0.25, 0.3) is 0 Å². The number of benzene rings is 1. The molecule has 0 radical (unpaired) electrons. The van der Waals surface area contributed by atoms with Gasteiger partial charge in [-0.25, -0.2) is 13.6 Å². The second-order valence-electron chi connectivity index (χ2n) is 4.15. The van der Waals surface area contributed by atoms with E-state index >= 15 is 0 Å². The highest BCUT2D eigenvalue weighted by Crippen LogP contribution is 2.31. The third kappa shape index (κ3) is 2.22. The van der Waals surface area contributed by atoms with Gasteiger partial charge in [-0.05, 0) is 26.1 Å². The maximum atomic E-state index is 13.8. The molecule has 100 valence electrons. The lowest BCUT2D eigenvalue weighted by atomic mass is 9.89. The SMILES string of the molecule is CCN(CC)C(C)(C(=O)O)c1cccc(F)c1F. The van der Waals surface area contributed by atoms with Crippen molar-refractivity contribution in [1.29, 1.82) is 0 Å². The second-order valence-corrected chi connectivity index (χ2v) is 4.15. The lowest BCUT2D eigenvalue weighted by Gasteiger charge is -2.37. The summed E-state index contributed by atoms with van der Waals surface area (Å²) in [5.74, 6) is -3.34. The van der Waals surface area contributed by atoms with Crippen LogP contribution in [0, 0.1) is 11.6 Å². The summed E-state index contributed by atoms with van der Waals surface area (Å²) in [6.45, 7) is 5.80. The Bertz CT molecular complexity index is 447. The largest absolute Gasteiger partial charge is 0.480 e.